The Balaban J connectivity index is 2.84. The van der Waals surface area contributed by atoms with Crippen LogP contribution in [0, 0.1) is 0 Å². The number of nitrogens with two attached hydrogens (primary N) is 1. The summed E-state index contributed by atoms with van der Waals surface area (Å²) in [6.07, 6.45) is 0. The van der Waals surface area contributed by atoms with E-state index in [1.165, 1.54) is 0 Å². The summed E-state index contributed by atoms with van der Waals surface area (Å²) in [4.78, 5) is 12.8. The molecule has 0 aromatic heterocycles. The number of methoxy groups -OCH3 is 1. The van der Waals surface area contributed by atoms with Crippen LogP contribution in [0.3, 0.4) is 0 Å². The van der Waals surface area contributed by atoms with Gasteiger partial charge in [-0.1, -0.05) is 12.1 Å². The number of carbonyl (C=O) groups is 1. The van der Waals surface area contributed by atoms with Gasteiger partial charge in [-0.3, -0.25) is 0 Å². The average Bonchev–Trinajstić information content (AvgIpc) is 2.28. The van der Waals surface area contributed by atoms with Gasteiger partial charge in [-0.05, 0) is 31.8 Å². The molecule has 1 atom stereocenters. The van der Waals surface area contributed by atoms with Gasteiger partial charge in [0.15, 0.2) is 0 Å². The van der Waals surface area contributed by atoms with Crippen molar-refractivity contribution in [2.75, 3.05) is 27.7 Å². The molecule has 2 amide bonds. The van der Waals surface area contributed by atoms with E-state index in [2.05, 4.69) is 5.32 Å². The molecule has 5 heteroatoms. The summed E-state index contributed by atoms with van der Waals surface area (Å²) in [6, 6.07) is 7.31. The second kappa shape index (κ2) is 6.10. The van der Waals surface area contributed by atoms with Crippen LogP contribution in [0.5, 0.6) is 5.75 Å². The van der Waals surface area contributed by atoms with Crippen LogP contribution in [0.25, 0.3) is 0 Å². The first kappa shape index (κ1) is 13.3. The summed E-state index contributed by atoms with van der Waals surface area (Å²) in [6.45, 7) is 0.468. The molecule has 0 heterocycles. The van der Waals surface area contributed by atoms with E-state index in [1.807, 2.05) is 43.3 Å². The minimum Gasteiger partial charge on any atom is -0.497 e. The monoisotopic (exact) mass is 237 g/mol. The van der Waals surface area contributed by atoms with Crippen molar-refractivity contribution in [3.63, 3.8) is 0 Å². The molecule has 5 nitrogen and oxygen atoms in total. The standard InChI is InChI=1S/C12H19N3O2/c1-15(2)11(8-14-12(13)16)9-5-4-6-10(7-9)17-3/h4-7,11H,8H2,1-3H3,(H3,13,14,16). The van der Waals surface area contributed by atoms with Crippen molar-refractivity contribution in [3.8, 4) is 5.75 Å². The molecule has 0 bridgehead atoms. The van der Waals surface area contributed by atoms with E-state index >= 15 is 0 Å². The van der Waals surface area contributed by atoms with Crippen molar-refractivity contribution in [1.29, 1.82) is 0 Å². The summed E-state index contributed by atoms with van der Waals surface area (Å²) in [5, 5.41) is 2.62. The SMILES string of the molecule is COc1cccc(C(CNC(N)=O)N(C)C)c1. The number of benzene rings is 1. The largest absolute Gasteiger partial charge is 0.497 e. The molecule has 3 N–H and O–H groups in total. The molecule has 0 saturated carbocycles. The molecule has 1 aromatic carbocycles. The zero-order valence-electron chi connectivity index (χ0n) is 10.4. The Morgan fingerprint density at radius 1 is 1.53 bits per heavy atom. The number of urea groups is 1. The number of nitrogens with zero attached hydrogens (tertiary/aromatic N) is 1. The quantitative estimate of drug-likeness (QED) is 0.801. The van der Waals surface area contributed by atoms with Gasteiger partial charge >= 0.3 is 6.03 Å². The molecule has 0 aliphatic carbocycles. The summed E-state index contributed by atoms with van der Waals surface area (Å²) >= 11 is 0. The predicted octanol–water partition coefficient (Wildman–Crippen LogP) is 0.966. The normalized spacial score (nSPS) is 12.2. The van der Waals surface area contributed by atoms with Crippen LogP contribution < -0.4 is 15.8 Å². The first-order chi connectivity index (χ1) is 8.04. The lowest BCUT2D eigenvalue weighted by Gasteiger charge is -2.25. The molecule has 0 fully saturated rings. The molecule has 17 heavy (non-hydrogen) atoms. The van der Waals surface area contributed by atoms with Crippen LogP contribution >= 0.6 is 0 Å². The molecule has 1 unspecified atom stereocenters. The number of nitrogens with one attached hydrogen (secondary N) is 1. The van der Waals surface area contributed by atoms with Crippen LogP contribution in [-0.2, 0) is 0 Å². The molecule has 0 spiro atoms. The molecule has 0 aliphatic rings. The highest BCUT2D eigenvalue weighted by atomic mass is 16.5. The molecule has 1 aromatic rings. The van der Waals surface area contributed by atoms with Gasteiger partial charge in [-0.25, -0.2) is 4.79 Å². The highest BCUT2D eigenvalue weighted by molar-refractivity contribution is 5.71. The fourth-order valence-corrected chi connectivity index (χ4v) is 1.64. The minimum absolute atomic E-state index is 0.0672. The smallest absolute Gasteiger partial charge is 0.312 e. The minimum atomic E-state index is -0.514. The Hall–Kier alpha value is -1.75. The van der Waals surface area contributed by atoms with Gasteiger partial charge in [0.1, 0.15) is 5.75 Å². The lowest BCUT2D eigenvalue weighted by molar-refractivity contribution is 0.240. The summed E-state index contributed by atoms with van der Waals surface area (Å²) in [7, 11) is 5.53. The number of rotatable bonds is 5. The molecule has 1 rings (SSSR count). The van der Waals surface area contributed by atoms with Crippen molar-refractivity contribution >= 4 is 6.03 Å². The van der Waals surface area contributed by atoms with E-state index in [4.69, 9.17) is 10.5 Å². The molecule has 94 valence electrons. The second-order valence-corrected chi connectivity index (χ2v) is 4.00. The van der Waals surface area contributed by atoms with E-state index in [9.17, 15) is 4.79 Å². The third kappa shape index (κ3) is 3.96. The molecular formula is C12H19N3O2. The van der Waals surface area contributed by atoms with Crippen molar-refractivity contribution < 1.29 is 9.53 Å². The highest BCUT2D eigenvalue weighted by Crippen LogP contribution is 2.21. The van der Waals surface area contributed by atoms with Gasteiger partial charge < -0.3 is 20.7 Å². The number of hydrogen-bond acceptors (Lipinski definition) is 3. The zero-order valence-corrected chi connectivity index (χ0v) is 10.4. The van der Waals surface area contributed by atoms with Gasteiger partial charge in [0, 0.05) is 6.54 Å². The Labute approximate surface area is 102 Å². The first-order valence-electron chi connectivity index (χ1n) is 5.38. The van der Waals surface area contributed by atoms with Crippen LogP contribution in [-0.4, -0.2) is 38.7 Å². The van der Waals surface area contributed by atoms with E-state index in [0.29, 0.717) is 6.54 Å². The van der Waals surface area contributed by atoms with E-state index in [1.54, 1.807) is 7.11 Å². The number of hydrogen-bond donors (Lipinski definition) is 2. The molecule has 0 radical (unpaired) electrons. The maximum absolute atomic E-state index is 10.7. The fraction of sp³-hybridized carbons (Fsp3) is 0.417. The van der Waals surface area contributed by atoms with Crippen LogP contribution in [0.15, 0.2) is 24.3 Å². The van der Waals surface area contributed by atoms with Crippen molar-refractivity contribution in [3.05, 3.63) is 29.8 Å². The summed E-state index contributed by atoms with van der Waals surface area (Å²) < 4.78 is 5.18. The third-order valence-corrected chi connectivity index (χ3v) is 2.57. The van der Waals surface area contributed by atoms with Crippen molar-refractivity contribution in [1.82, 2.24) is 10.2 Å². The fourth-order valence-electron chi connectivity index (χ4n) is 1.64. The number of ether oxygens (including phenoxy) is 1. The summed E-state index contributed by atoms with van der Waals surface area (Å²) in [5.41, 5.74) is 6.15. The molecule has 0 aliphatic heterocycles. The number of primary amides is 1. The maximum atomic E-state index is 10.7. The Morgan fingerprint density at radius 2 is 2.24 bits per heavy atom. The molecule has 0 saturated heterocycles. The lowest BCUT2D eigenvalue weighted by Crippen LogP contribution is -2.37. The van der Waals surface area contributed by atoms with Gasteiger partial charge in [0.05, 0.1) is 13.2 Å². The van der Waals surface area contributed by atoms with Crippen LogP contribution in [0.1, 0.15) is 11.6 Å². The van der Waals surface area contributed by atoms with Gasteiger partial charge in [-0.15, -0.1) is 0 Å². The lowest BCUT2D eigenvalue weighted by atomic mass is 10.1. The van der Waals surface area contributed by atoms with Crippen molar-refractivity contribution in [2.24, 2.45) is 5.73 Å². The highest BCUT2D eigenvalue weighted by Gasteiger charge is 2.14. The topological polar surface area (TPSA) is 67.6 Å². The predicted molar refractivity (Wildman–Crippen MR) is 67.0 cm³/mol. The van der Waals surface area contributed by atoms with E-state index in [0.717, 1.165) is 11.3 Å². The zero-order chi connectivity index (χ0) is 12.8. The number of carbonyl (C=O) groups excluding carboxylic acids is 1. The van der Waals surface area contributed by atoms with Gasteiger partial charge in [0.25, 0.3) is 0 Å². The Morgan fingerprint density at radius 3 is 2.76 bits per heavy atom. The molecular weight excluding hydrogens is 218 g/mol. The van der Waals surface area contributed by atoms with Crippen LogP contribution in [0.4, 0.5) is 4.79 Å². The first-order valence-corrected chi connectivity index (χ1v) is 5.38. The van der Waals surface area contributed by atoms with Gasteiger partial charge in [-0.2, -0.15) is 0 Å². The second-order valence-electron chi connectivity index (χ2n) is 4.00. The van der Waals surface area contributed by atoms with Crippen molar-refractivity contribution in [2.45, 2.75) is 6.04 Å². The Bertz CT molecular complexity index is 380. The third-order valence-electron chi connectivity index (χ3n) is 2.57. The van der Waals surface area contributed by atoms with Crippen LogP contribution in [0.2, 0.25) is 0 Å². The summed E-state index contributed by atoms with van der Waals surface area (Å²) in [5.74, 6) is 0.799. The Kier molecular flexibility index (Phi) is 4.78. The maximum Gasteiger partial charge on any atom is 0.312 e. The van der Waals surface area contributed by atoms with E-state index in [-0.39, 0.29) is 6.04 Å². The number of likely N-dealkylation sites (N-methyl/N-ethyl adjacent to an activating group) is 1. The number of amides is 2. The average molecular weight is 237 g/mol. The van der Waals surface area contributed by atoms with Gasteiger partial charge in [0.2, 0.25) is 0 Å². The van der Waals surface area contributed by atoms with E-state index < -0.39 is 6.03 Å².